The van der Waals surface area contributed by atoms with Crippen LogP contribution in [-0.4, -0.2) is 76.7 Å². The maximum atomic E-state index is 14.5. The molecule has 2 aromatic carbocycles. The van der Waals surface area contributed by atoms with Gasteiger partial charge in [-0.15, -0.1) is 0 Å². The fraction of sp³-hybridized carbons (Fsp3) is 0.513. The SMILES string of the molecule is CCOC(=O)[C@@]12CC1/C=C\CCCCCC(NC(=O)OC1CCCC1)C(=O)N1C[C@H](Oc3nc4ccccc4c4ccccc34)C[C@H]1C(=O)N2. The first-order chi connectivity index (χ1) is 24.4. The molecule has 7 rings (SSSR count). The van der Waals surface area contributed by atoms with E-state index in [1.807, 2.05) is 54.6 Å². The number of carbonyl (C=O) groups excluding carboxylic acids is 4. The lowest BCUT2D eigenvalue weighted by Gasteiger charge is -2.29. The van der Waals surface area contributed by atoms with Crippen LogP contribution in [0.2, 0.25) is 0 Å². The van der Waals surface area contributed by atoms with Crippen LogP contribution in [0.5, 0.6) is 5.88 Å². The van der Waals surface area contributed by atoms with Gasteiger partial charge in [0.15, 0.2) is 0 Å². The number of nitrogens with one attached hydrogen (secondary N) is 2. The van der Waals surface area contributed by atoms with E-state index in [1.165, 1.54) is 4.90 Å². The first-order valence-electron chi connectivity index (χ1n) is 18.2. The number of fused-ring (bicyclic) bond motifs is 5. The second kappa shape index (κ2) is 14.7. The normalized spacial score (nSPS) is 28.1. The number of ether oxygens (including phenoxy) is 3. The molecule has 0 radical (unpaired) electrons. The lowest BCUT2D eigenvalue weighted by atomic mass is 10.0. The number of amides is 3. The minimum Gasteiger partial charge on any atom is -0.472 e. The third kappa shape index (κ3) is 7.00. The number of pyridine rings is 1. The van der Waals surface area contributed by atoms with Crippen LogP contribution in [0.25, 0.3) is 21.7 Å². The number of esters is 1. The van der Waals surface area contributed by atoms with Crippen molar-refractivity contribution in [3.63, 3.8) is 0 Å². The van der Waals surface area contributed by atoms with E-state index in [-0.39, 0.29) is 37.5 Å². The molecule has 2 unspecified atom stereocenters. The highest BCUT2D eigenvalue weighted by Crippen LogP contribution is 2.46. The van der Waals surface area contributed by atoms with Crippen LogP contribution in [0.4, 0.5) is 4.79 Å². The fourth-order valence-corrected chi connectivity index (χ4v) is 7.85. The third-order valence-electron chi connectivity index (χ3n) is 10.6. The van der Waals surface area contributed by atoms with E-state index >= 15 is 0 Å². The molecule has 3 aromatic rings. The van der Waals surface area contributed by atoms with Crippen LogP contribution in [-0.2, 0) is 23.9 Å². The van der Waals surface area contributed by atoms with E-state index in [4.69, 9.17) is 19.2 Å². The second-order valence-electron chi connectivity index (χ2n) is 14.0. The van der Waals surface area contributed by atoms with Gasteiger partial charge in [0.25, 0.3) is 0 Å². The zero-order chi connectivity index (χ0) is 34.7. The highest BCUT2D eigenvalue weighted by molar-refractivity contribution is 6.07. The van der Waals surface area contributed by atoms with E-state index in [0.29, 0.717) is 25.1 Å². The molecule has 3 heterocycles. The van der Waals surface area contributed by atoms with Crippen LogP contribution in [0.1, 0.15) is 77.6 Å². The summed E-state index contributed by atoms with van der Waals surface area (Å²) >= 11 is 0. The molecule has 4 aliphatic rings. The van der Waals surface area contributed by atoms with Gasteiger partial charge in [0, 0.05) is 23.1 Å². The number of benzene rings is 2. The number of aromatic nitrogens is 1. The van der Waals surface area contributed by atoms with Gasteiger partial charge < -0.3 is 29.7 Å². The van der Waals surface area contributed by atoms with Crippen molar-refractivity contribution < 1.29 is 33.4 Å². The summed E-state index contributed by atoms with van der Waals surface area (Å²) in [7, 11) is 0. The second-order valence-corrected chi connectivity index (χ2v) is 14.0. The molecule has 11 nitrogen and oxygen atoms in total. The summed E-state index contributed by atoms with van der Waals surface area (Å²) in [5, 5.41) is 8.69. The monoisotopic (exact) mass is 682 g/mol. The number of alkyl carbamates (subject to hydrolysis) is 1. The summed E-state index contributed by atoms with van der Waals surface area (Å²) in [5.74, 6) is -1.07. The van der Waals surface area contributed by atoms with E-state index in [9.17, 15) is 19.2 Å². The Kier molecular flexibility index (Phi) is 9.92. The van der Waals surface area contributed by atoms with Crippen molar-refractivity contribution in [3.8, 4) is 5.88 Å². The Morgan fingerprint density at radius 1 is 0.940 bits per heavy atom. The number of hydrogen-bond donors (Lipinski definition) is 2. The Labute approximate surface area is 292 Å². The Morgan fingerprint density at radius 3 is 2.48 bits per heavy atom. The van der Waals surface area contributed by atoms with E-state index < -0.39 is 41.7 Å². The molecule has 50 heavy (non-hydrogen) atoms. The van der Waals surface area contributed by atoms with E-state index in [2.05, 4.69) is 16.7 Å². The van der Waals surface area contributed by atoms with Crippen molar-refractivity contribution in [2.75, 3.05) is 13.2 Å². The van der Waals surface area contributed by atoms with Crippen molar-refractivity contribution >= 4 is 45.6 Å². The largest absolute Gasteiger partial charge is 0.472 e. The molecular formula is C39H46N4O7. The fourth-order valence-electron chi connectivity index (χ4n) is 7.85. The van der Waals surface area contributed by atoms with Gasteiger partial charge in [-0.05, 0) is 75.8 Å². The number of allylic oxidation sites excluding steroid dienone is 1. The zero-order valence-corrected chi connectivity index (χ0v) is 28.6. The molecule has 1 aromatic heterocycles. The van der Waals surface area contributed by atoms with Gasteiger partial charge in [-0.25, -0.2) is 14.6 Å². The Bertz CT molecular complexity index is 1790. The maximum absolute atomic E-state index is 14.5. The number of hydrogen-bond acceptors (Lipinski definition) is 8. The van der Waals surface area contributed by atoms with Crippen molar-refractivity contribution in [1.82, 2.24) is 20.5 Å². The molecule has 2 saturated carbocycles. The summed E-state index contributed by atoms with van der Waals surface area (Å²) in [6.45, 7) is 2.03. The molecule has 2 N–H and O–H groups in total. The Hall–Kier alpha value is -4.67. The summed E-state index contributed by atoms with van der Waals surface area (Å²) in [6, 6.07) is 13.9. The third-order valence-corrected chi connectivity index (χ3v) is 10.6. The van der Waals surface area contributed by atoms with Crippen molar-refractivity contribution in [2.24, 2.45) is 5.92 Å². The molecule has 264 valence electrons. The summed E-state index contributed by atoms with van der Waals surface area (Å²) < 4.78 is 17.7. The standard InChI is InChI=1S/C39H46N4O7/c1-2-48-37(46)39-23-25(39)14-6-4-3-5-7-21-32(41-38(47)50-26-15-8-9-16-26)36(45)43-24-27(22-33(43)34(44)42-39)49-35-30-19-11-10-17-28(30)29-18-12-13-20-31(29)40-35/h6,10-14,17-20,25-27,32-33H,2-5,7-9,15-16,21-24H2,1H3,(H,41,47)(H,42,44)/b14-6-/t25?,27-,32?,33+,39-/m1/s1. The number of para-hydroxylation sites is 1. The van der Waals surface area contributed by atoms with Gasteiger partial charge in [0.05, 0.1) is 18.7 Å². The quantitative estimate of drug-likeness (QED) is 0.191. The average molecular weight is 683 g/mol. The van der Waals surface area contributed by atoms with Gasteiger partial charge in [-0.1, -0.05) is 61.4 Å². The van der Waals surface area contributed by atoms with Crippen LogP contribution in [0, 0.1) is 5.92 Å². The van der Waals surface area contributed by atoms with Gasteiger partial charge in [-0.3, -0.25) is 9.59 Å². The molecule has 3 amide bonds. The average Bonchev–Trinajstić information content (AvgIpc) is 3.39. The molecule has 2 aliphatic carbocycles. The topological polar surface area (TPSA) is 136 Å². The van der Waals surface area contributed by atoms with Crippen LogP contribution in [0.3, 0.4) is 0 Å². The number of rotatable bonds is 6. The minimum atomic E-state index is -1.18. The Balaban J connectivity index is 1.19. The minimum absolute atomic E-state index is 0.103. The molecule has 1 saturated heterocycles. The van der Waals surface area contributed by atoms with Crippen LogP contribution >= 0.6 is 0 Å². The van der Waals surface area contributed by atoms with Crippen molar-refractivity contribution in [2.45, 2.75) is 107 Å². The number of carbonyl (C=O) groups is 4. The maximum Gasteiger partial charge on any atom is 0.408 e. The van der Waals surface area contributed by atoms with Gasteiger partial charge in [0.1, 0.15) is 29.8 Å². The van der Waals surface area contributed by atoms with Gasteiger partial charge in [-0.2, -0.15) is 0 Å². The first-order valence-corrected chi connectivity index (χ1v) is 18.2. The molecule has 0 bridgehead atoms. The molecule has 2 aliphatic heterocycles. The molecule has 3 fully saturated rings. The Morgan fingerprint density at radius 2 is 1.68 bits per heavy atom. The predicted molar refractivity (Wildman–Crippen MR) is 187 cm³/mol. The lowest BCUT2D eigenvalue weighted by Crippen LogP contribution is -2.56. The van der Waals surface area contributed by atoms with Crippen LogP contribution < -0.4 is 15.4 Å². The summed E-state index contributed by atoms with van der Waals surface area (Å²) in [4.78, 5) is 61.4. The van der Waals surface area contributed by atoms with Crippen molar-refractivity contribution in [3.05, 3.63) is 60.7 Å². The highest BCUT2D eigenvalue weighted by atomic mass is 16.6. The van der Waals surface area contributed by atoms with Crippen molar-refractivity contribution in [1.29, 1.82) is 0 Å². The van der Waals surface area contributed by atoms with Gasteiger partial charge >= 0.3 is 12.1 Å². The first kappa shape index (κ1) is 33.8. The van der Waals surface area contributed by atoms with E-state index in [0.717, 1.165) is 66.6 Å². The zero-order valence-electron chi connectivity index (χ0n) is 28.6. The molecular weight excluding hydrogens is 636 g/mol. The summed E-state index contributed by atoms with van der Waals surface area (Å²) in [6.07, 6.45) is 10.6. The lowest BCUT2D eigenvalue weighted by molar-refractivity contribution is -0.150. The number of nitrogens with zero attached hydrogens (tertiary/aromatic N) is 2. The van der Waals surface area contributed by atoms with E-state index in [1.54, 1.807) is 6.92 Å². The molecule has 0 spiro atoms. The molecule has 5 atom stereocenters. The summed E-state index contributed by atoms with van der Waals surface area (Å²) in [5.41, 5.74) is -0.409. The van der Waals surface area contributed by atoms with Gasteiger partial charge in [0.2, 0.25) is 17.7 Å². The highest BCUT2D eigenvalue weighted by Gasteiger charge is 2.62. The molecule has 11 heteroatoms. The predicted octanol–water partition coefficient (Wildman–Crippen LogP) is 5.73. The smallest absolute Gasteiger partial charge is 0.408 e. The van der Waals surface area contributed by atoms with Crippen LogP contribution in [0.15, 0.2) is 60.7 Å².